The van der Waals surface area contributed by atoms with Crippen LogP contribution < -0.4 is 58.7 Å². The molecule has 0 rings (SSSR count). The molecule has 0 aromatic carbocycles. The van der Waals surface area contributed by atoms with Gasteiger partial charge in [-0.2, -0.15) is 0 Å². The van der Waals surface area contributed by atoms with Crippen LogP contribution in [0.2, 0.25) is 0 Å². The maximum Gasteiger partial charge on any atom is 0.329 e. The van der Waals surface area contributed by atoms with Crippen LogP contribution >= 0.6 is 0 Å². The van der Waals surface area contributed by atoms with Gasteiger partial charge >= 0.3 is 6.03 Å². The number of ketones is 1. The Bertz CT molecular complexity index is 1070. The van der Waals surface area contributed by atoms with Crippen LogP contribution in [0.4, 0.5) is 4.79 Å². The predicted octanol–water partition coefficient (Wildman–Crippen LogP) is -0.467. The molecule has 53 heavy (non-hydrogen) atoms. The summed E-state index contributed by atoms with van der Waals surface area (Å²) in [6.07, 6.45) is 7.88. The molecule has 17 nitrogen and oxygen atoms in total. The summed E-state index contributed by atoms with van der Waals surface area (Å²) in [4.78, 5) is 76.9. The van der Waals surface area contributed by atoms with Gasteiger partial charge in [0.2, 0.25) is 23.6 Å². The van der Waals surface area contributed by atoms with Crippen molar-refractivity contribution in [1.82, 2.24) is 58.7 Å². The molecule has 0 aliphatic rings. The molecule has 0 saturated carbocycles. The second kappa shape index (κ2) is 30.0. The van der Waals surface area contributed by atoms with E-state index in [1.807, 2.05) is 14.1 Å². The summed E-state index contributed by atoms with van der Waals surface area (Å²) < 4.78 is 0. The largest absolute Gasteiger partial charge is 0.354 e. The Balaban J connectivity index is 5.21. The first-order valence-electron chi connectivity index (χ1n) is 19.3. The highest BCUT2D eigenvalue weighted by Gasteiger charge is 2.31. The monoisotopic (exact) mass is 756 g/mol. The van der Waals surface area contributed by atoms with Gasteiger partial charge in [0, 0.05) is 25.6 Å². The fraction of sp³-hybridized carbons (Fsp3) is 0.833. The first-order valence-corrected chi connectivity index (χ1v) is 19.3. The molecular formula is C36H73N11O6. The molecule has 308 valence electrons. The Hall–Kier alpha value is -3.38. The highest BCUT2D eigenvalue weighted by molar-refractivity contribution is 5.94. The van der Waals surface area contributed by atoms with Crippen LogP contribution in [-0.2, 0) is 24.0 Å². The fourth-order valence-electron chi connectivity index (χ4n) is 5.62. The quantitative estimate of drug-likeness (QED) is 0.0320. The molecule has 11 N–H and O–H groups in total. The number of urea groups is 1. The summed E-state index contributed by atoms with van der Waals surface area (Å²) in [6, 6.07) is -2.72. The topological polar surface area (TPSA) is 235 Å². The molecule has 0 aliphatic carbocycles. The van der Waals surface area contributed by atoms with Gasteiger partial charge in [-0.05, 0) is 105 Å². The molecule has 6 amide bonds. The highest BCUT2D eigenvalue weighted by Crippen LogP contribution is 2.19. The second-order valence-corrected chi connectivity index (χ2v) is 14.3. The number of carbonyl (C=O) groups is 6. The molecule has 0 aliphatic heterocycles. The van der Waals surface area contributed by atoms with E-state index in [4.69, 9.17) is 0 Å². The van der Waals surface area contributed by atoms with Crippen molar-refractivity contribution in [1.29, 1.82) is 0 Å². The summed E-state index contributed by atoms with van der Waals surface area (Å²) in [6.45, 7) is 7.59. The van der Waals surface area contributed by atoms with Gasteiger partial charge in [-0.3, -0.25) is 29.4 Å². The molecule has 0 fully saturated rings. The first-order chi connectivity index (χ1) is 25.2. The molecule has 0 spiro atoms. The molecule has 0 radical (unpaired) electrons. The van der Waals surface area contributed by atoms with Crippen molar-refractivity contribution >= 4 is 35.4 Å². The zero-order chi connectivity index (χ0) is 40.1. The van der Waals surface area contributed by atoms with Crippen molar-refractivity contribution in [3.05, 3.63) is 0 Å². The van der Waals surface area contributed by atoms with E-state index in [0.29, 0.717) is 64.5 Å². The van der Waals surface area contributed by atoms with Crippen LogP contribution in [0.15, 0.2) is 0 Å². The van der Waals surface area contributed by atoms with Gasteiger partial charge in [0.25, 0.3) is 0 Å². The summed E-state index contributed by atoms with van der Waals surface area (Å²) in [5.74, 6) is -1.39. The zero-order valence-corrected chi connectivity index (χ0v) is 33.8. The number of Topliss-reactive ketones (excluding diaryl/α,β-unsaturated/α-hetero) is 1. The summed E-state index contributed by atoms with van der Waals surface area (Å²) >= 11 is 0. The second-order valence-electron chi connectivity index (χ2n) is 14.3. The van der Waals surface area contributed by atoms with Gasteiger partial charge in [0.05, 0.1) is 24.7 Å². The van der Waals surface area contributed by atoms with Gasteiger partial charge < -0.3 is 47.9 Å². The van der Waals surface area contributed by atoms with E-state index < -0.39 is 35.5 Å². The number of nitrogens with one attached hydrogen (secondary N) is 11. The lowest BCUT2D eigenvalue weighted by Gasteiger charge is -2.26. The standard InChI is InChI=1S/C36H73N11O6/c1-36(2,3)31(49)26(45-30(48)25-44-32(50)27(39-6)18-9-13-21-37-4)17-11-15-23-42-33(51)29(20-12-16-24-43-35(53)47-41-8)46-34(52)28(40-7)19-10-14-22-38-5/h26-29,37-41H,9-25H2,1-8H3,(H,42,51)(H,44,50)(H,45,48)(H,46,52)(H2,43,47,53). The van der Waals surface area contributed by atoms with Crippen LogP contribution in [0.5, 0.6) is 0 Å². The third kappa shape index (κ3) is 23.8. The lowest BCUT2D eigenvalue weighted by molar-refractivity contribution is -0.133. The van der Waals surface area contributed by atoms with Crippen molar-refractivity contribution in [2.75, 3.05) is 68.0 Å². The number of amides is 6. The number of carbonyl (C=O) groups excluding carboxylic acids is 6. The Labute approximate surface area is 317 Å². The number of hydrogen-bond donors (Lipinski definition) is 11. The first kappa shape index (κ1) is 49.6. The van der Waals surface area contributed by atoms with E-state index in [0.717, 1.165) is 38.8 Å². The molecule has 0 saturated heterocycles. The molecule has 0 aromatic rings. The van der Waals surface area contributed by atoms with Crippen LogP contribution in [0, 0.1) is 5.41 Å². The average Bonchev–Trinajstić information content (AvgIpc) is 3.11. The Morgan fingerprint density at radius 1 is 0.491 bits per heavy atom. The summed E-state index contributed by atoms with van der Waals surface area (Å²) in [5.41, 5.74) is 4.28. The number of hydrogen-bond acceptors (Lipinski definition) is 11. The molecule has 4 unspecified atom stereocenters. The fourth-order valence-corrected chi connectivity index (χ4v) is 5.62. The van der Waals surface area contributed by atoms with Crippen molar-refractivity contribution in [2.45, 2.75) is 122 Å². The van der Waals surface area contributed by atoms with Crippen LogP contribution in [0.3, 0.4) is 0 Å². The lowest BCUT2D eigenvalue weighted by Crippen LogP contribution is -2.52. The van der Waals surface area contributed by atoms with Crippen molar-refractivity contribution in [3.8, 4) is 0 Å². The molecule has 4 atom stereocenters. The maximum atomic E-state index is 13.3. The van der Waals surface area contributed by atoms with Crippen molar-refractivity contribution < 1.29 is 28.8 Å². The number of rotatable bonds is 31. The molecule has 17 heteroatoms. The van der Waals surface area contributed by atoms with E-state index in [9.17, 15) is 28.8 Å². The van der Waals surface area contributed by atoms with E-state index in [1.54, 1.807) is 41.9 Å². The van der Waals surface area contributed by atoms with Crippen LogP contribution in [0.1, 0.15) is 97.8 Å². The lowest BCUT2D eigenvalue weighted by atomic mass is 9.84. The SMILES string of the molecule is CNCCCCC(NC)C(=O)NCC(=O)NC(CCCCNC(=O)C(CCCCNC(=O)NNC)NC(=O)C(CCCCNC)NC)C(=O)C(C)(C)C. The minimum absolute atomic E-state index is 0.121. The Morgan fingerprint density at radius 3 is 1.43 bits per heavy atom. The van der Waals surface area contributed by atoms with Crippen molar-refractivity contribution in [3.63, 3.8) is 0 Å². The third-order valence-corrected chi connectivity index (χ3v) is 8.78. The zero-order valence-electron chi connectivity index (χ0n) is 33.8. The maximum absolute atomic E-state index is 13.3. The van der Waals surface area contributed by atoms with E-state index in [1.165, 1.54) is 0 Å². The predicted molar refractivity (Wildman–Crippen MR) is 209 cm³/mol. The number of hydrazine groups is 1. The Morgan fingerprint density at radius 2 is 0.943 bits per heavy atom. The molecule has 0 bridgehead atoms. The van der Waals surface area contributed by atoms with Gasteiger partial charge in [0.15, 0.2) is 5.78 Å². The third-order valence-electron chi connectivity index (χ3n) is 8.78. The molecule has 0 aromatic heterocycles. The van der Waals surface area contributed by atoms with Crippen LogP contribution in [0.25, 0.3) is 0 Å². The summed E-state index contributed by atoms with van der Waals surface area (Å²) in [5, 5.41) is 26.3. The highest BCUT2D eigenvalue weighted by atomic mass is 16.2. The smallest absolute Gasteiger partial charge is 0.329 e. The molecular weight excluding hydrogens is 682 g/mol. The van der Waals surface area contributed by atoms with E-state index in [2.05, 4.69) is 58.7 Å². The average molecular weight is 756 g/mol. The minimum atomic E-state index is -0.762. The number of likely N-dealkylation sites (N-methyl/N-ethyl adjacent to an activating group) is 2. The van der Waals surface area contributed by atoms with Gasteiger partial charge in [-0.25, -0.2) is 10.2 Å². The van der Waals surface area contributed by atoms with E-state index in [-0.39, 0.29) is 36.1 Å². The normalized spacial score (nSPS) is 13.6. The number of unbranched alkanes of at least 4 members (excludes halogenated alkanes) is 4. The summed E-state index contributed by atoms with van der Waals surface area (Å²) in [7, 11) is 8.79. The van der Waals surface area contributed by atoms with E-state index >= 15 is 0 Å². The van der Waals surface area contributed by atoms with Gasteiger partial charge in [-0.15, -0.1) is 0 Å². The molecule has 0 heterocycles. The van der Waals surface area contributed by atoms with Gasteiger partial charge in [-0.1, -0.05) is 33.6 Å². The van der Waals surface area contributed by atoms with Crippen LogP contribution in [-0.4, -0.2) is 128 Å². The van der Waals surface area contributed by atoms with Crippen molar-refractivity contribution in [2.24, 2.45) is 5.41 Å². The van der Waals surface area contributed by atoms with Gasteiger partial charge in [0.1, 0.15) is 6.04 Å². The Kier molecular flexibility index (Phi) is 28.1. The minimum Gasteiger partial charge on any atom is -0.354 e.